The normalized spacial score (nSPS) is 15.8. The Labute approximate surface area is 245 Å². The number of hydrogen-bond donors (Lipinski definition) is 3. The van der Waals surface area contributed by atoms with Crippen molar-refractivity contribution < 1.29 is 30.8 Å². The van der Waals surface area contributed by atoms with Crippen LogP contribution < -0.4 is 15.4 Å². The first-order valence-electron chi connectivity index (χ1n) is 13.5. The molecule has 0 heterocycles. The summed E-state index contributed by atoms with van der Waals surface area (Å²) >= 11 is 0. The third-order valence-electron chi connectivity index (χ3n) is 7.04. The van der Waals surface area contributed by atoms with Gasteiger partial charge in [0.05, 0.1) is 22.5 Å². The molecule has 0 aromatic heterocycles. The minimum Gasteiger partial charge on any atom is -0.349 e. The highest BCUT2D eigenvalue weighted by molar-refractivity contribution is 7.89. The number of hydrogen-bond acceptors (Lipinski definition) is 4. The zero-order valence-corrected chi connectivity index (χ0v) is 23.4. The van der Waals surface area contributed by atoms with E-state index < -0.39 is 44.4 Å². The molecule has 0 unspecified atom stereocenters. The highest BCUT2D eigenvalue weighted by atomic mass is 32.2. The quantitative estimate of drug-likeness (QED) is 0.170. The number of alkyl halides is 3. The second kappa shape index (κ2) is 14.3. The second-order valence-corrected chi connectivity index (χ2v) is 11.9. The summed E-state index contributed by atoms with van der Waals surface area (Å²) in [4.78, 5) is 12.6. The van der Waals surface area contributed by atoms with Gasteiger partial charge in [0.15, 0.2) is 0 Å². The summed E-state index contributed by atoms with van der Waals surface area (Å²) < 4.78 is 81.9. The molecular formula is C31H37F4N3O3S. The van der Waals surface area contributed by atoms with Crippen LogP contribution >= 0.6 is 0 Å². The van der Waals surface area contributed by atoms with Gasteiger partial charge in [-0.15, -0.1) is 0 Å². The summed E-state index contributed by atoms with van der Waals surface area (Å²) in [6.45, 7) is 3.77. The smallest absolute Gasteiger partial charge is 0.349 e. The van der Waals surface area contributed by atoms with Crippen molar-refractivity contribution in [1.29, 1.82) is 0 Å². The fraction of sp³-hybridized carbons (Fsp3) is 0.387. The van der Waals surface area contributed by atoms with Crippen LogP contribution in [0.4, 0.5) is 17.6 Å². The predicted molar refractivity (Wildman–Crippen MR) is 155 cm³/mol. The minimum absolute atomic E-state index is 0. The zero-order valence-electron chi connectivity index (χ0n) is 22.6. The molecule has 4 rings (SSSR count). The number of aryl methyl sites for hydroxylation is 1. The molecule has 6 nitrogen and oxygen atoms in total. The Balaban J connectivity index is 0.00000484. The van der Waals surface area contributed by atoms with Gasteiger partial charge in [0.25, 0.3) is 0 Å². The van der Waals surface area contributed by atoms with Crippen molar-refractivity contribution in [2.75, 3.05) is 6.54 Å². The van der Waals surface area contributed by atoms with Gasteiger partial charge in [-0.05, 0) is 84.8 Å². The molecule has 42 heavy (non-hydrogen) atoms. The van der Waals surface area contributed by atoms with Crippen LogP contribution in [0.5, 0.6) is 0 Å². The Morgan fingerprint density at radius 1 is 1.05 bits per heavy atom. The van der Waals surface area contributed by atoms with Crippen molar-refractivity contribution in [3.05, 3.63) is 100 Å². The summed E-state index contributed by atoms with van der Waals surface area (Å²) in [7, 11) is -4.47. The first kappa shape index (κ1) is 33.2. The standard InChI is InChI=1S/C30H33F4N3O3S.CH4/c1-2-15-35-19-20-9-14-26-22(16-20)5-3-8-27(26)36-29(38)18-28(21-10-12-24(31)13-11-21)37-41(39,40)25-7-4-6-23(17-25)30(32,33)34;/h4,6-7,9-14,16-17,27-28,35,37H,2-3,5,8,15,18-19H2,1H3,(H,36,38);1H4/t27-,28-;/m1./s1. The van der Waals surface area contributed by atoms with Crippen molar-refractivity contribution in [3.8, 4) is 0 Å². The van der Waals surface area contributed by atoms with Gasteiger partial charge in [0.2, 0.25) is 15.9 Å². The molecule has 0 saturated carbocycles. The monoisotopic (exact) mass is 607 g/mol. The van der Waals surface area contributed by atoms with E-state index in [-0.39, 0.29) is 19.9 Å². The maximum atomic E-state index is 13.6. The maximum absolute atomic E-state index is 13.6. The molecule has 1 aliphatic carbocycles. The van der Waals surface area contributed by atoms with Gasteiger partial charge in [0, 0.05) is 13.0 Å². The first-order chi connectivity index (χ1) is 19.5. The highest BCUT2D eigenvalue weighted by Gasteiger charge is 2.33. The second-order valence-electron chi connectivity index (χ2n) is 10.2. The predicted octanol–water partition coefficient (Wildman–Crippen LogP) is 6.58. The zero-order chi connectivity index (χ0) is 29.6. The van der Waals surface area contributed by atoms with Gasteiger partial charge in [0.1, 0.15) is 5.82 Å². The number of benzene rings is 3. The summed E-state index contributed by atoms with van der Waals surface area (Å²) in [5.74, 6) is -1.00. The summed E-state index contributed by atoms with van der Waals surface area (Å²) in [6, 6.07) is 13.1. The van der Waals surface area contributed by atoms with E-state index in [9.17, 15) is 30.8 Å². The molecule has 3 aromatic rings. The average molecular weight is 608 g/mol. The van der Waals surface area contributed by atoms with E-state index in [1.165, 1.54) is 12.1 Å². The molecule has 0 saturated heterocycles. The molecule has 1 aliphatic rings. The summed E-state index contributed by atoms with van der Waals surface area (Å²) in [5.41, 5.74) is 2.50. The Kier molecular flexibility index (Phi) is 11.3. The van der Waals surface area contributed by atoms with Crippen LogP contribution in [-0.2, 0) is 34.0 Å². The molecule has 3 aromatic carbocycles. The van der Waals surface area contributed by atoms with Crippen LogP contribution in [0.2, 0.25) is 0 Å². The molecule has 0 aliphatic heterocycles. The number of rotatable bonds is 11. The van der Waals surface area contributed by atoms with Crippen LogP contribution in [0.25, 0.3) is 0 Å². The Morgan fingerprint density at radius 2 is 1.79 bits per heavy atom. The van der Waals surface area contributed by atoms with Gasteiger partial charge < -0.3 is 10.6 Å². The van der Waals surface area contributed by atoms with Crippen LogP contribution in [0, 0.1) is 5.82 Å². The molecule has 0 spiro atoms. The van der Waals surface area contributed by atoms with Crippen LogP contribution in [0.3, 0.4) is 0 Å². The molecule has 2 atom stereocenters. The summed E-state index contributed by atoms with van der Waals surface area (Å²) in [5, 5.41) is 6.38. The van der Waals surface area contributed by atoms with Gasteiger partial charge in [-0.25, -0.2) is 17.5 Å². The van der Waals surface area contributed by atoms with E-state index in [4.69, 9.17) is 0 Å². The van der Waals surface area contributed by atoms with Crippen molar-refractivity contribution in [2.24, 2.45) is 0 Å². The van der Waals surface area contributed by atoms with Crippen molar-refractivity contribution in [3.63, 3.8) is 0 Å². The van der Waals surface area contributed by atoms with E-state index >= 15 is 0 Å². The first-order valence-corrected chi connectivity index (χ1v) is 15.0. The molecule has 0 fully saturated rings. The van der Waals surface area contributed by atoms with Crippen LogP contribution in [0.1, 0.15) is 79.9 Å². The van der Waals surface area contributed by atoms with Crippen molar-refractivity contribution in [1.82, 2.24) is 15.4 Å². The Morgan fingerprint density at radius 3 is 2.48 bits per heavy atom. The highest BCUT2D eigenvalue weighted by Crippen LogP contribution is 2.32. The lowest BCUT2D eigenvalue weighted by Gasteiger charge is -2.28. The molecule has 3 N–H and O–H groups in total. The topological polar surface area (TPSA) is 87.3 Å². The van der Waals surface area contributed by atoms with Gasteiger partial charge in [-0.3, -0.25) is 4.79 Å². The van der Waals surface area contributed by atoms with E-state index in [0.29, 0.717) is 18.1 Å². The van der Waals surface area contributed by atoms with Gasteiger partial charge in [-0.2, -0.15) is 13.2 Å². The Bertz CT molecular complexity index is 1460. The van der Waals surface area contributed by atoms with E-state index in [1.54, 1.807) is 0 Å². The third-order valence-corrected chi connectivity index (χ3v) is 8.51. The molecule has 228 valence electrons. The summed E-state index contributed by atoms with van der Waals surface area (Å²) in [6.07, 6.45) is -1.57. The molecule has 0 bridgehead atoms. The number of halogens is 4. The number of nitrogens with one attached hydrogen (secondary N) is 3. The van der Waals surface area contributed by atoms with Gasteiger partial charge >= 0.3 is 6.18 Å². The third kappa shape index (κ3) is 8.62. The SMILES string of the molecule is C.CCCNCc1ccc2c(c1)CCC[C@H]2NC(=O)C[C@@H](NS(=O)(=O)c1cccc(C(F)(F)F)c1)c1ccc(F)cc1. The lowest BCUT2D eigenvalue weighted by molar-refractivity contribution is -0.137. The van der Waals surface area contributed by atoms with E-state index in [1.807, 2.05) is 12.1 Å². The fourth-order valence-electron chi connectivity index (χ4n) is 4.99. The average Bonchev–Trinajstić information content (AvgIpc) is 2.93. The fourth-order valence-corrected chi connectivity index (χ4v) is 6.26. The minimum atomic E-state index is -4.73. The largest absolute Gasteiger partial charge is 0.416 e. The van der Waals surface area contributed by atoms with Gasteiger partial charge in [-0.1, -0.05) is 50.7 Å². The van der Waals surface area contributed by atoms with Crippen molar-refractivity contribution >= 4 is 15.9 Å². The molecule has 0 radical (unpaired) electrons. The molecule has 1 amide bonds. The number of sulfonamides is 1. The Hall–Kier alpha value is -3.28. The number of carbonyl (C=O) groups is 1. The molecular weight excluding hydrogens is 570 g/mol. The maximum Gasteiger partial charge on any atom is 0.416 e. The van der Waals surface area contributed by atoms with E-state index in [2.05, 4.69) is 28.3 Å². The van der Waals surface area contributed by atoms with Crippen LogP contribution in [0.15, 0.2) is 71.6 Å². The van der Waals surface area contributed by atoms with E-state index in [0.717, 1.165) is 79.4 Å². The number of fused-ring (bicyclic) bond motifs is 1. The van der Waals surface area contributed by atoms with Crippen molar-refractivity contribution in [2.45, 2.75) is 76.2 Å². The number of carbonyl (C=O) groups excluding carboxylic acids is 1. The lowest BCUT2D eigenvalue weighted by atomic mass is 9.86. The lowest BCUT2D eigenvalue weighted by Crippen LogP contribution is -2.36. The number of amides is 1. The van der Waals surface area contributed by atoms with Crippen LogP contribution in [-0.4, -0.2) is 20.9 Å². The molecule has 11 heteroatoms.